The molecule has 0 amide bonds. The van der Waals surface area contributed by atoms with Crippen molar-refractivity contribution in [3.63, 3.8) is 0 Å². The third-order valence-electron chi connectivity index (χ3n) is 4.47. The Morgan fingerprint density at radius 2 is 1.79 bits per heavy atom. The molecule has 5 nitrogen and oxygen atoms in total. The first kappa shape index (κ1) is 18.0. The maximum Gasteiger partial charge on any atom is 0.277 e. The number of hydrogen-bond donors (Lipinski definition) is 1. The predicted octanol–water partition coefficient (Wildman–Crippen LogP) is 3.12. The van der Waals surface area contributed by atoms with E-state index in [2.05, 4.69) is 5.10 Å². The second kappa shape index (κ2) is 6.97. The van der Waals surface area contributed by atoms with Crippen LogP contribution in [0.2, 0.25) is 0 Å². The van der Waals surface area contributed by atoms with Crippen LogP contribution in [0.4, 0.5) is 13.2 Å². The summed E-state index contributed by atoms with van der Waals surface area (Å²) in [5.74, 6) is -1.94. The molecule has 0 aliphatic carbocycles. The van der Waals surface area contributed by atoms with Gasteiger partial charge in [0.1, 0.15) is 23.0 Å². The largest absolute Gasteiger partial charge is 0.392 e. The maximum atomic E-state index is 13.9. The van der Waals surface area contributed by atoms with E-state index < -0.39 is 29.6 Å². The molecule has 0 bridgehead atoms. The van der Waals surface area contributed by atoms with Gasteiger partial charge in [-0.15, -0.1) is 0 Å². The van der Waals surface area contributed by atoms with E-state index in [1.54, 1.807) is 6.07 Å². The topological polar surface area (TPSA) is 59.5 Å². The average Bonchev–Trinajstić information content (AvgIpc) is 3.05. The molecule has 0 radical (unpaired) electrons. The first-order valence-corrected chi connectivity index (χ1v) is 8.39. The molecule has 0 spiro atoms. The lowest BCUT2D eigenvalue weighted by atomic mass is 10.1. The summed E-state index contributed by atoms with van der Waals surface area (Å²) in [5.41, 5.74) is 0.679. The van der Waals surface area contributed by atoms with E-state index >= 15 is 0 Å². The van der Waals surface area contributed by atoms with Gasteiger partial charge in [-0.25, -0.2) is 17.7 Å². The predicted molar refractivity (Wildman–Crippen MR) is 96.2 cm³/mol. The van der Waals surface area contributed by atoms with Gasteiger partial charge in [0.25, 0.3) is 5.56 Å². The van der Waals surface area contributed by atoms with Crippen molar-refractivity contribution in [2.75, 3.05) is 0 Å². The van der Waals surface area contributed by atoms with Gasteiger partial charge in [-0.1, -0.05) is 18.2 Å². The molecular formula is C20H14F3N3O2. The van der Waals surface area contributed by atoms with Crippen molar-refractivity contribution in [2.45, 2.75) is 13.2 Å². The molecule has 0 saturated carbocycles. The van der Waals surface area contributed by atoms with Crippen molar-refractivity contribution in [1.29, 1.82) is 0 Å². The summed E-state index contributed by atoms with van der Waals surface area (Å²) in [5, 5.41) is 14.1. The Bertz CT molecular complexity index is 1250. The number of nitrogens with zero attached hydrogens (tertiary/aromatic N) is 3. The first-order valence-electron chi connectivity index (χ1n) is 8.39. The fourth-order valence-electron chi connectivity index (χ4n) is 3.13. The number of rotatable bonds is 4. The zero-order chi connectivity index (χ0) is 19.8. The first-order chi connectivity index (χ1) is 13.5. The van der Waals surface area contributed by atoms with E-state index in [1.807, 2.05) is 0 Å². The van der Waals surface area contributed by atoms with Gasteiger partial charge in [-0.05, 0) is 18.2 Å². The normalized spacial score (nSPS) is 11.3. The van der Waals surface area contributed by atoms with Crippen molar-refractivity contribution >= 4 is 5.52 Å². The average molecular weight is 385 g/mol. The number of aliphatic hydroxyl groups excluding tert-OH is 1. The minimum Gasteiger partial charge on any atom is -0.392 e. The van der Waals surface area contributed by atoms with E-state index in [4.69, 9.17) is 0 Å². The molecule has 8 heteroatoms. The molecule has 0 saturated heterocycles. The highest BCUT2D eigenvalue weighted by Gasteiger charge is 2.18. The summed E-state index contributed by atoms with van der Waals surface area (Å²) in [6, 6.07) is 8.79. The summed E-state index contributed by atoms with van der Waals surface area (Å²) in [7, 11) is 0. The van der Waals surface area contributed by atoms with E-state index in [0.29, 0.717) is 5.56 Å². The molecule has 0 unspecified atom stereocenters. The zero-order valence-corrected chi connectivity index (χ0v) is 14.4. The Morgan fingerprint density at radius 1 is 1.00 bits per heavy atom. The molecule has 2 aromatic heterocycles. The molecule has 4 rings (SSSR count). The Morgan fingerprint density at radius 3 is 2.50 bits per heavy atom. The number of fused-ring (bicyclic) bond motifs is 1. The summed E-state index contributed by atoms with van der Waals surface area (Å²) >= 11 is 0. The molecule has 0 atom stereocenters. The van der Waals surface area contributed by atoms with Crippen LogP contribution in [0.15, 0.2) is 59.7 Å². The molecule has 2 aromatic carbocycles. The lowest BCUT2D eigenvalue weighted by Gasteiger charge is -2.08. The van der Waals surface area contributed by atoms with Crippen LogP contribution in [-0.2, 0) is 13.2 Å². The van der Waals surface area contributed by atoms with Crippen molar-refractivity contribution in [1.82, 2.24) is 14.2 Å². The van der Waals surface area contributed by atoms with Crippen molar-refractivity contribution < 1.29 is 18.3 Å². The highest BCUT2D eigenvalue weighted by Crippen LogP contribution is 2.25. The van der Waals surface area contributed by atoms with Crippen LogP contribution >= 0.6 is 0 Å². The highest BCUT2D eigenvalue weighted by atomic mass is 19.1. The number of benzene rings is 2. The number of hydrogen-bond acceptors (Lipinski definition) is 3. The monoisotopic (exact) mass is 385 g/mol. The van der Waals surface area contributed by atoms with Gasteiger partial charge in [0, 0.05) is 35.2 Å². The van der Waals surface area contributed by atoms with Crippen LogP contribution in [0, 0.1) is 17.5 Å². The highest BCUT2D eigenvalue weighted by molar-refractivity contribution is 5.72. The van der Waals surface area contributed by atoms with E-state index in [1.165, 1.54) is 45.7 Å². The molecule has 4 aromatic rings. The van der Waals surface area contributed by atoms with Gasteiger partial charge in [-0.3, -0.25) is 4.79 Å². The molecule has 2 heterocycles. The third-order valence-corrected chi connectivity index (χ3v) is 4.47. The van der Waals surface area contributed by atoms with Crippen molar-refractivity contribution in [3.8, 4) is 11.3 Å². The fraction of sp³-hybridized carbons (Fsp3) is 0.100. The lowest BCUT2D eigenvalue weighted by Crippen LogP contribution is -2.23. The number of halogens is 3. The van der Waals surface area contributed by atoms with E-state index in [9.17, 15) is 23.1 Å². The summed E-state index contributed by atoms with van der Waals surface area (Å²) in [6.45, 7) is -0.605. The van der Waals surface area contributed by atoms with Gasteiger partial charge in [-0.2, -0.15) is 5.10 Å². The lowest BCUT2D eigenvalue weighted by molar-refractivity contribution is 0.283. The second-order valence-electron chi connectivity index (χ2n) is 6.26. The van der Waals surface area contributed by atoms with Crippen LogP contribution < -0.4 is 5.56 Å². The molecule has 28 heavy (non-hydrogen) atoms. The standard InChI is InChI=1S/C20H14F3N3O2/c21-14-3-1-2-12(8-14)18-16(11-27)19-20(28)25(6-7-26(19)24-18)10-13-4-5-15(22)9-17(13)23/h1-9,27H,10-11H2. The van der Waals surface area contributed by atoms with E-state index in [0.717, 1.165) is 12.1 Å². The van der Waals surface area contributed by atoms with Gasteiger partial charge in [0.15, 0.2) is 0 Å². The van der Waals surface area contributed by atoms with Crippen molar-refractivity contribution in [2.24, 2.45) is 0 Å². The molecule has 1 N–H and O–H groups in total. The molecule has 0 fully saturated rings. The summed E-state index contributed by atoms with van der Waals surface area (Å²) in [6.07, 6.45) is 2.90. The molecular weight excluding hydrogens is 371 g/mol. The Labute approximate surface area is 156 Å². The van der Waals surface area contributed by atoms with Gasteiger partial charge >= 0.3 is 0 Å². The number of aromatic nitrogens is 3. The van der Waals surface area contributed by atoms with Crippen molar-refractivity contribution in [3.05, 3.63) is 93.8 Å². The quantitative estimate of drug-likeness (QED) is 0.587. The van der Waals surface area contributed by atoms with Crippen LogP contribution in [0.1, 0.15) is 11.1 Å². The Kier molecular flexibility index (Phi) is 4.48. The van der Waals surface area contributed by atoms with Crippen LogP contribution in [0.5, 0.6) is 0 Å². The summed E-state index contributed by atoms with van der Waals surface area (Å²) in [4.78, 5) is 12.9. The van der Waals surface area contributed by atoms with Crippen LogP contribution in [-0.4, -0.2) is 19.3 Å². The minimum absolute atomic E-state index is 0.104. The van der Waals surface area contributed by atoms with Gasteiger partial charge in [0.2, 0.25) is 0 Å². The van der Waals surface area contributed by atoms with E-state index in [-0.39, 0.29) is 28.9 Å². The molecule has 0 aliphatic rings. The third kappa shape index (κ3) is 3.07. The summed E-state index contributed by atoms with van der Waals surface area (Å²) < 4.78 is 43.1. The Hall–Kier alpha value is -3.39. The Balaban J connectivity index is 1.86. The SMILES string of the molecule is O=c1c2c(CO)c(-c3cccc(F)c3)nn2ccn1Cc1ccc(F)cc1F. The smallest absolute Gasteiger partial charge is 0.277 e. The molecule has 142 valence electrons. The van der Waals surface area contributed by atoms with Crippen LogP contribution in [0.3, 0.4) is 0 Å². The number of aliphatic hydroxyl groups is 1. The van der Waals surface area contributed by atoms with Crippen LogP contribution in [0.25, 0.3) is 16.8 Å². The van der Waals surface area contributed by atoms with Gasteiger partial charge < -0.3 is 9.67 Å². The maximum absolute atomic E-state index is 13.9. The van der Waals surface area contributed by atoms with Gasteiger partial charge in [0.05, 0.1) is 18.8 Å². The fourth-order valence-corrected chi connectivity index (χ4v) is 3.13. The second-order valence-corrected chi connectivity index (χ2v) is 6.26. The minimum atomic E-state index is -0.761. The molecule has 0 aliphatic heterocycles. The zero-order valence-electron chi connectivity index (χ0n) is 14.4.